The molecule has 9 nitrogen and oxygen atoms in total. The van der Waals surface area contributed by atoms with E-state index in [1.807, 2.05) is 4.57 Å². The van der Waals surface area contributed by atoms with E-state index in [1.165, 1.54) is 12.1 Å². The first-order chi connectivity index (χ1) is 17.3. The molecule has 5 rings (SSSR count). The number of halogens is 3. The molecule has 2 fully saturated rings. The van der Waals surface area contributed by atoms with E-state index in [2.05, 4.69) is 20.6 Å². The molecule has 2 atom stereocenters. The highest BCUT2D eigenvalue weighted by molar-refractivity contribution is 6.36. The van der Waals surface area contributed by atoms with Gasteiger partial charge in [0, 0.05) is 17.0 Å². The lowest BCUT2D eigenvalue weighted by molar-refractivity contribution is -0.122. The van der Waals surface area contributed by atoms with Gasteiger partial charge in [-0.25, -0.2) is 14.4 Å². The Labute approximate surface area is 217 Å². The zero-order valence-corrected chi connectivity index (χ0v) is 21.1. The van der Waals surface area contributed by atoms with Crippen molar-refractivity contribution in [2.75, 3.05) is 10.6 Å². The lowest BCUT2D eigenvalue weighted by Gasteiger charge is -2.29. The van der Waals surface area contributed by atoms with Gasteiger partial charge in [-0.3, -0.25) is 9.36 Å². The predicted octanol–water partition coefficient (Wildman–Crippen LogP) is 4.95. The summed E-state index contributed by atoms with van der Waals surface area (Å²) in [6.07, 6.45) is 7.38. The number of aliphatic hydroxyl groups excluding tert-OH is 1. The number of carbonyl (C=O) groups is 1. The average molecular weight is 536 g/mol. The van der Waals surface area contributed by atoms with Crippen molar-refractivity contribution in [1.82, 2.24) is 19.5 Å². The van der Waals surface area contributed by atoms with Gasteiger partial charge in [-0.15, -0.1) is 0 Å². The van der Waals surface area contributed by atoms with E-state index in [1.54, 1.807) is 6.20 Å². The van der Waals surface area contributed by atoms with E-state index in [4.69, 9.17) is 33.9 Å². The topological polar surface area (TPSA) is 131 Å². The van der Waals surface area contributed by atoms with Gasteiger partial charge in [0.1, 0.15) is 11.3 Å². The van der Waals surface area contributed by atoms with Gasteiger partial charge < -0.3 is 21.5 Å². The lowest BCUT2D eigenvalue weighted by Crippen LogP contribution is -2.36. The maximum Gasteiger partial charge on any atom is 0.225 e. The summed E-state index contributed by atoms with van der Waals surface area (Å²) in [7, 11) is 0. The van der Waals surface area contributed by atoms with Gasteiger partial charge in [0.05, 0.1) is 29.1 Å². The highest BCUT2D eigenvalue weighted by atomic mass is 35.5. The molecule has 0 saturated heterocycles. The fourth-order valence-corrected chi connectivity index (χ4v) is 5.75. The first-order valence-electron chi connectivity index (χ1n) is 12.2. The van der Waals surface area contributed by atoms with Gasteiger partial charge >= 0.3 is 0 Å². The molecule has 2 aliphatic rings. The Morgan fingerprint density at radius 1 is 1.11 bits per heavy atom. The summed E-state index contributed by atoms with van der Waals surface area (Å²) in [5.74, 6) is -0.321. The Morgan fingerprint density at radius 3 is 2.56 bits per heavy atom. The van der Waals surface area contributed by atoms with Crippen LogP contribution in [0.2, 0.25) is 10.0 Å². The molecule has 2 aromatic heterocycles. The molecule has 0 bridgehead atoms. The highest BCUT2D eigenvalue weighted by Crippen LogP contribution is 2.38. The number of rotatable bonds is 6. The van der Waals surface area contributed by atoms with Crippen molar-refractivity contribution >= 4 is 57.9 Å². The predicted molar refractivity (Wildman–Crippen MR) is 137 cm³/mol. The number of aromatic nitrogens is 4. The third-order valence-electron chi connectivity index (χ3n) is 7.18. The Hall–Kier alpha value is -2.69. The van der Waals surface area contributed by atoms with Gasteiger partial charge in [-0.1, -0.05) is 36.0 Å². The minimum Gasteiger partial charge on any atom is -0.391 e. The largest absolute Gasteiger partial charge is 0.391 e. The van der Waals surface area contributed by atoms with Gasteiger partial charge in [0.25, 0.3) is 0 Å². The molecule has 36 heavy (non-hydrogen) atoms. The normalized spacial score (nSPS) is 24.6. The van der Waals surface area contributed by atoms with E-state index < -0.39 is 11.9 Å². The maximum absolute atomic E-state index is 14.7. The van der Waals surface area contributed by atoms with Crippen LogP contribution in [0.25, 0.3) is 11.2 Å². The summed E-state index contributed by atoms with van der Waals surface area (Å²) in [5, 5.41) is 17.0. The fourth-order valence-electron chi connectivity index (χ4n) is 5.23. The molecule has 1 amide bonds. The molecular weight excluding hydrogens is 508 g/mol. The first-order valence-corrected chi connectivity index (χ1v) is 13.0. The van der Waals surface area contributed by atoms with Crippen LogP contribution >= 0.6 is 23.2 Å². The summed E-state index contributed by atoms with van der Waals surface area (Å²) in [5.41, 5.74) is 6.67. The Morgan fingerprint density at radius 2 is 1.86 bits per heavy atom. The standard InChI is InChI=1S/C24H28Cl2FN7O2/c25-13-9-15(26)20(16(27)10-13)32-24-31-18-11-29-23(30-17-3-1-2-4-19(17)35)33-22(18)34(24)14-7-5-12(6-8-14)21(28)36/h9-12,14,17,19,35H,1-8H2,(H2,28,36)(H,31,32)(H,29,30,33)/t12-,14+,17?,19-/m1/s1. The number of carbonyl (C=O) groups excluding carboxylic acids is 1. The number of fused-ring (bicyclic) bond motifs is 1. The molecular formula is C24H28Cl2FN7O2. The van der Waals surface area contributed by atoms with E-state index in [-0.39, 0.29) is 39.6 Å². The molecule has 0 spiro atoms. The van der Waals surface area contributed by atoms with Crippen LogP contribution in [0.3, 0.4) is 0 Å². The minimum atomic E-state index is -0.608. The minimum absolute atomic E-state index is 0.0507. The van der Waals surface area contributed by atoms with Crippen LogP contribution in [-0.4, -0.2) is 42.7 Å². The van der Waals surface area contributed by atoms with Gasteiger partial charge in [-0.05, 0) is 50.7 Å². The SMILES string of the molecule is NC(=O)[C@H]1CC[C@@H](n2c(Nc3c(F)cc(Cl)cc3Cl)nc3cnc(NC4CCCC[C@H]4O)nc32)CC1. The zero-order valence-electron chi connectivity index (χ0n) is 19.6. The molecule has 5 N–H and O–H groups in total. The zero-order chi connectivity index (χ0) is 25.4. The van der Waals surface area contributed by atoms with Gasteiger partial charge in [0.2, 0.25) is 17.8 Å². The smallest absolute Gasteiger partial charge is 0.225 e. The number of nitrogens with one attached hydrogen (secondary N) is 2. The summed E-state index contributed by atoms with van der Waals surface area (Å²) in [6.45, 7) is 0. The van der Waals surface area contributed by atoms with E-state index in [0.29, 0.717) is 48.7 Å². The van der Waals surface area contributed by atoms with Crippen molar-refractivity contribution in [3.63, 3.8) is 0 Å². The molecule has 3 aromatic rings. The molecule has 1 unspecified atom stereocenters. The summed E-state index contributed by atoms with van der Waals surface area (Å²) in [6, 6.07) is 2.46. The van der Waals surface area contributed by atoms with Crippen molar-refractivity contribution in [1.29, 1.82) is 0 Å². The van der Waals surface area contributed by atoms with Crippen molar-refractivity contribution < 1.29 is 14.3 Å². The molecule has 1 aromatic carbocycles. The number of imidazole rings is 1. The van der Waals surface area contributed by atoms with Gasteiger partial charge in [0.15, 0.2) is 5.65 Å². The second-order valence-electron chi connectivity index (χ2n) is 9.59. The number of benzene rings is 1. The van der Waals surface area contributed by atoms with Crippen molar-refractivity contribution in [2.24, 2.45) is 11.7 Å². The number of amides is 1. The number of nitrogens with two attached hydrogens (primary N) is 1. The quantitative estimate of drug-likeness (QED) is 0.351. The number of anilines is 3. The second kappa shape index (κ2) is 10.4. The molecule has 0 radical (unpaired) electrons. The Kier molecular flexibility index (Phi) is 7.18. The fraction of sp³-hybridized carbons (Fsp3) is 0.500. The number of primary amides is 1. The van der Waals surface area contributed by atoms with E-state index in [9.17, 15) is 14.3 Å². The summed E-state index contributed by atoms with van der Waals surface area (Å²) in [4.78, 5) is 25.5. The number of hydrogen-bond acceptors (Lipinski definition) is 7. The second-order valence-corrected chi connectivity index (χ2v) is 10.4. The third-order valence-corrected chi connectivity index (χ3v) is 7.70. The molecule has 0 aliphatic heterocycles. The molecule has 2 saturated carbocycles. The lowest BCUT2D eigenvalue weighted by atomic mass is 9.85. The number of aliphatic hydroxyl groups is 1. The van der Waals surface area contributed by atoms with Crippen LogP contribution in [-0.2, 0) is 4.79 Å². The van der Waals surface area contributed by atoms with Crippen molar-refractivity contribution in [3.8, 4) is 0 Å². The number of hydrogen-bond donors (Lipinski definition) is 4. The Bertz CT molecular complexity index is 1260. The van der Waals surface area contributed by atoms with Crippen LogP contribution in [0.1, 0.15) is 57.4 Å². The molecule has 192 valence electrons. The summed E-state index contributed by atoms with van der Waals surface area (Å²) >= 11 is 12.2. The van der Waals surface area contributed by atoms with Crippen LogP contribution in [0.5, 0.6) is 0 Å². The monoisotopic (exact) mass is 535 g/mol. The van der Waals surface area contributed by atoms with Crippen LogP contribution in [0, 0.1) is 11.7 Å². The van der Waals surface area contributed by atoms with Crippen LogP contribution in [0.15, 0.2) is 18.3 Å². The average Bonchev–Trinajstić information content (AvgIpc) is 3.20. The van der Waals surface area contributed by atoms with Gasteiger partial charge in [-0.2, -0.15) is 4.98 Å². The summed E-state index contributed by atoms with van der Waals surface area (Å²) < 4.78 is 16.7. The molecule has 2 aliphatic carbocycles. The van der Waals surface area contributed by atoms with Crippen LogP contribution < -0.4 is 16.4 Å². The number of nitrogens with zero attached hydrogens (tertiary/aromatic N) is 4. The van der Waals surface area contributed by atoms with E-state index >= 15 is 0 Å². The molecule has 12 heteroatoms. The van der Waals surface area contributed by atoms with E-state index in [0.717, 1.165) is 25.7 Å². The molecule has 2 heterocycles. The van der Waals surface area contributed by atoms with Crippen molar-refractivity contribution in [2.45, 2.75) is 69.6 Å². The van der Waals surface area contributed by atoms with Crippen molar-refractivity contribution in [3.05, 3.63) is 34.2 Å². The van der Waals surface area contributed by atoms with Crippen LogP contribution in [0.4, 0.5) is 22.0 Å². The third kappa shape index (κ3) is 5.07. The Balaban J connectivity index is 1.53. The highest BCUT2D eigenvalue weighted by Gasteiger charge is 2.30. The maximum atomic E-state index is 14.7. The first kappa shape index (κ1) is 25.0.